The highest BCUT2D eigenvalue weighted by molar-refractivity contribution is 6.77. The van der Waals surface area contributed by atoms with Crippen molar-refractivity contribution in [2.75, 3.05) is 0 Å². The van der Waals surface area contributed by atoms with Gasteiger partial charge in [-0.25, -0.2) is 0 Å². The molecule has 2 unspecified atom stereocenters. The predicted octanol–water partition coefficient (Wildman–Crippen LogP) is 1.39. The normalized spacial score (nSPS) is 39.2. The van der Waals surface area contributed by atoms with E-state index in [-0.39, 0.29) is 5.60 Å². The highest BCUT2D eigenvalue weighted by Gasteiger charge is 2.45. The van der Waals surface area contributed by atoms with Crippen LogP contribution < -0.4 is 0 Å². The zero-order valence-corrected chi connectivity index (χ0v) is 16.9. The van der Waals surface area contributed by atoms with E-state index in [1.807, 2.05) is 26.2 Å². The molecule has 108 valence electrons. The highest BCUT2D eigenvalue weighted by Crippen LogP contribution is 2.25. The monoisotopic (exact) mass is 326 g/mol. The van der Waals surface area contributed by atoms with Gasteiger partial charge in [0.25, 0.3) is 9.28 Å². The smallest absolute Gasteiger partial charge is 0.420 e. The van der Waals surface area contributed by atoms with Crippen molar-refractivity contribution in [3.63, 3.8) is 0 Å². The second kappa shape index (κ2) is 6.41. The third-order valence-electron chi connectivity index (χ3n) is 2.84. The summed E-state index contributed by atoms with van der Waals surface area (Å²) in [7, 11) is -7.62. The van der Waals surface area contributed by atoms with Gasteiger partial charge in [0.05, 0.1) is 5.60 Å². The third kappa shape index (κ3) is 5.34. The van der Waals surface area contributed by atoms with E-state index in [1.165, 1.54) is 0 Å². The van der Waals surface area contributed by atoms with Crippen molar-refractivity contribution in [3.05, 3.63) is 0 Å². The molecule has 2 atom stereocenters. The molecule has 0 saturated carbocycles. The van der Waals surface area contributed by atoms with Crippen LogP contribution in [0.15, 0.2) is 0 Å². The first-order valence-electron chi connectivity index (χ1n) is 6.52. The van der Waals surface area contributed by atoms with Gasteiger partial charge in [-0.2, -0.15) is 0 Å². The number of hydrogen-bond donors (Lipinski definition) is 0. The van der Waals surface area contributed by atoms with Crippen molar-refractivity contribution < 1.29 is 20.9 Å². The average molecular weight is 327 g/mol. The summed E-state index contributed by atoms with van der Waals surface area (Å²) in [5, 5.41) is 0. The lowest BCUT2D eigenvalue weighted by Crippen LogP contribution is -2.57. The quantitative estimate of drug-likeness (QED) is 0.734. The minimum atomic E-state index is -2.64. The van der Waals surface area contributed by atoms with E-state index < -0.39 is 36.7 Å². The largest absolute Gasteiger partial charge is 0.479 e. The Morgan fingerprint density at radius 3 is 1.83 bits per heavy atom. The van der Waals surface area contributed by atoms with E-state index in [0.29, 0.717) is 0 Å². The Kier molecular flexibility index (Phi) is 5.96. The third-order valence-corrected chi connectivity index (χ3v) is 16.0. The summed E-state index contributed by atoms with van der Waals surface area (Å²) >= 11 is 0. The first kappa shape index (κ1) is 16.7. The van der Waals surface area contributed by atoms with E-state index in [4.69, 9.17) is 20.9 Å². The van der Waals surface area contributed by atoms with Crippen LogP contribution in [0, 0.1) is 0 Å². The van der Waals surface area contributed by atoms with Crippen molar-refractivity contribution >= 4 is 36.7 Å². The summed E-state index contributed by atoms with van der Waals surface area (Å²) < 4.78 is 30.0. The van der Waals surface area contributed by atoms with Crippen molar-refractivity contribution in [1.29, 1.82) is 0 Å². The van der Waals surface area contributed by atoms with Gasteiger partial charge < -0.3 is 20.9 Å². The van der Waals surface area contributed by atoms with Gasteiger partial charge in [-0.1, -0.05) is 6.92 Å². The van der Waals surface area contributed by atoms with Crippen LogP contribution in [0.25, 0.3) is 0 Å². The van der Waals surface area contributed by atoms with Gasteiger partial charge >= 0.3 is 27.4 Å². The van der Waals surface area contributed by atoms with Gasteiger partial charge in [0.1, 0.15) is 0 Å². The molecule has 0 bridgehead atoms. The van der Waals surface area contributed by atoms with Gasteiger partial charge in [0, 0.05) is 6.55 Å². The molecule has 0 aromatic rings. The molecular formula is C9H26O5Si4. The average Bonchev–Trinajstić information content (AvgIpc) is 2.12. The van der Waals surface area contributed by atoms with Crippen LogP contribution in [-0.2, 0) is 20.9 Å². The Balaban J connectivity index is 2.77. The lowest BCUT2D eigenvalue weighted by molar-refractivity contribution is 0.0295. The first-order valence-corrected chi connectivity index (χ1v) is 15.0. The van der Waals surface area contributed by atoms with Gasteiger partial charge in [-0.15, -0.1) is 0 Å². The van der Waals surface area contributed by atoms with E-state index in [1.54, 1.807) is 0 Å². The zero-order valence-electron chi connectivity index (χ0n) is 12.5. The van der Waals surface area contributed by atoms with Crippen molar-refractivity contribution in [1.82, 2.24) is 0 Å². The second-order valence-corrected chi connectivity index (χ2v) is 14.7. The summed E-state index contributed by atoms with van der Waals surface area (Å²) in [4.78, 5) is 0. The maximum atomic E-state index is 6.15. The molecule has 0 aliphatic carbocycles. The molecular weight excluding hydrogens is 300 g/mol. The lowest BCUT2D eigenvalue weighted by atomic mass is 10.1. The van der Waals surface area contributed by atoms with Crippen molar-refractivity contribution in [2.45, 2.75) is 59.0 Å². The molecule has 1 aliphatic rings. The molecule has 18 heavy (non-hydrogen) atoms. The fourth-order valence-electron chi connectivity index (χ4n) is 1.88. The zero-order chi connectivity index (χ0) is 14.0. The molecule has 1 aliphatic heterocycles. The van der Waals surface area contributed by atoms with E-state index in [0.717, 1.165) is 6.42 Å². The van der Waals surface area contributed by atoms with Crippen LogP contribution in [0.2, 0.25) is 26.2 Å². The summed E-state index contributed by atoms with van der Waals surface area (Å²) in [6.45, 7) is 14.2. The standard InChI is InChI=1S/C9H26O5Si4/c1-8-9(2,3)10-18(7)13-16(5)11-15(4)12-17(6)14-18/h15-17H,8H2,1-7H3. The Labute approximate surface area is 117 Å². The first-order chi connectivity index (χ1) is 8.16. The Bertz CT molecular complexity index is 264. The molecule has 0 aromatic heterocycles. The fourth-order valence-corrected chi connectivity index (χ4v) is 15.6. The molecule has 1 saturated heterocycles. The van der Waals surface area contributed by atoms with E-state index >= 15 is 0 Å². The molecule has 0 amide bonds. The van der Waals surface area contributed by atoms with Crippen molar-refractivity contribution in [3.8, 4) is 0 Å². The van der Waals surface area contributed by atoms with Gasteiger partial charge in [0.2, 0.25) is 0 Å². The molecule has 5 nitrogen and oxygen atoms in total. The molecule has 0 N–H and O–H groups in total. The van der Waals surface area contributed by atoms with Crippen LogP contribution in [0.1, 0.15) is 27.2 Å². The summed E-state index contributed by atoms with van der Waals surface area (Å²) in [6.07, 6.45) is 0.918. The number of hydrogen-bond acceptors (Lipinski definition) is 5. The topological polar surface area (TPSA) is 46.2 Å². The second-order valence-electron chi connectivity index (χ2n) is 5.29. The molecule has 1 fully saturated rings. The summed E-state index contributed by atoms with van der Waals surface area (Å²) in [6, 6.07) is 0. The van der Waals surface area contributed by atoms with Crippen LogP contribution in [-0.4, -0.2) is 42.3 Å². The molecule has 9 heteroatoms. The molecule has 0 aromatic carbocycles. The fraction of sp³-hybridized carbons (Fsp3) is 1.00. The van der Waals surface area contributed by atoms with Gasteiger partial charge in [-0.3, -0.25) is 0 Å². The Hall–Kier alpha value is 0.668. The maximum Gasteiger partial charge on any atom is 0.479 e. The highest BCUT2D eigenvalue weighted by atomic mass is 28.5. The van der Waals surface area contributed by atoms with Crippen LogP contribution in [0.5, 0.6) is 0 Å². The minimum Gasteiger partial charge on any atom is -0.420 e. The van der Waals surface area contributed by atoms with Crippen LogP contribution in [0.4, 0.5) is 0 Å². The van der Waals surface area contributed by atoms with Crippen LogP contribution in [0.3, 0.4) is 0 Å². The predicted molar refractivity (Wildman–Crippen MR) is 80.5 cm³/mol. The molecule has 0 radical (unpaired) electrons. The van der Waals surface area contributed by atoms with Crippen molar-refractivity contribution in [2.24, 2.45) is 0 Å². The van der Waals surface area contributed by atoms with E-state index in [9.17, 15) is 0 Å². The van der Waals surface area contributed by atoms with Crippen LogP contribution >= 0.6 is 0 Å². The summed E-state index contributed by atoms with van der Waals surface area (Å²) in [5.41, 5.74) is -0.231. The van der Waals surface area contributed by atoms with E-state index in [2.05, 4.69) is 20.8 Å². The van der Waals surface area contributed by atoms with Gasteiger partial charge in [0.15, 0.2) is 0 Å². The summed E-state index contributed by atoms with van der Waals surface area (Å²) in [5.74, 6) is 0. The van der Waals surface area contributed by atoms with Gasteiger partial charge in [-0.05, 0) is 39.9 Å². The SMILES string of the molecule is CCC(C)(C)O[Si]1(C)O[SiH](C)O[SiH](C)O[SiH](C)O1. The minimum absolute atomic E-state index is 0.231. The Morgan fingerprint density at radius 2 is 1.44 bits per heavy atom. The molecule has 1 heterocycles. The maximum absolute atomic E-state index is 6.15. The molecule has 1 rings (SSSR count). The number of rotatable bonds is 3. The Morgan fingerprint density at radius 1 is 1.00 bits per heavy atom. The lowest BCUT2D eigenvalue weighted by Gasteiger charge is -2.40. The molecule has 0 spiro atoms.